The molecule has 1 aromatic rings. The molecule has 2 N–H and O–H groups in total. The zero-order valence-electron chi connectivity index (χ0n) is 12.5. The van der Waals surface area contributed by atoms with Gasteiger partial charge in [-0.2, -0.15) is 5.26 Å². The minimum atomic E-state index is -0.840. The van der Waals surface area contributed by atoms with E-state index in [1.54, 1.807) is 46.1 Å². The van der Waals surface area contributed by atoms with Crippen LogP contribution in [0, 0.1) is 11.5 Å². The third-order valence-corrected chi connectivity index (χ3v) is 3.49. The molecule has 1 aliphatic rings. The Kier molecular flexibility index (Phi) is 4.05. The maximum absolute atomic E-state index is 10.5. The lowest BCUT2D eigenvalue weighted by Gasteiger charge is -2.40. The molecule has 1 aliphatic heterocycles. The summed E-state index contributed by atoms with van der Waals surface area (Å²) in [5, 5.41) is 21.7. The van der Waals surface area contributed by atoms with Gasteiger partial charge in [-0.3, -0.25) is 10.3 Å². The monoisotopic (exact) mass is 289 g/mol. The summed E-state index contributed by atoms with van der Waals surface area (Å²) in [7, 11) is 1.58. The summed E-state index contributed by atoms with van der Waals surface area (Å²) < 4.78 is 11.1. The molecule has 0 aliphatic carbocycles. The van der Waals surface area contributed by atoms with Crippen LogP contribution in [0.25, 0.3) is 0 Å². The zero-order valence-corrected chi connectivity index (χ0v) is 12.5. The Labute approximate surface area is 124 Å². The number of methoxy groups -OCH3 is 1. The predicted molar refractivity (Wildman–Crippen MR) is 78.3 cm³/mol. The van der Waals surface area contributed by atoms with Crippen LogP contribution >= 0.6 is 0 Å². The molecule has 112 valence electrons. The summed E-state index contributed by atoms with van der Waals surface area (Å²) in [5.74, 6) is 1.76. The van der Waals surface area contributed by atoms with Crippen molar-refractivity contribution in [3.05, 3.63) is 23.8 Å². The lowest BCUT2D eigenvalue weighted by molar-refractivity contribution is -0.0567. The van der Waals surface area contributed by atoms with Crippen molar-refractivity contribution < 1.29 is 14.6 Å². The molecule has 0 saturated carbocycles. The number of nitrogens with zero attached hydrogens (tertiary/aromatic N) is 2. The molecule has 2 rings (SSSR count). The van der Waals surface area contributed by atoms with Gasteiger partial charge in [0, 0.05) is 5.56 Å². The van der Waals surface area contributed by atoms with Gasteiger partial charge in [0.2, 0.25) is 0 Å². The number of amidine groups is 1. The number of aliphatic hydroxyl groups excluding tert-OH is 1. The van der Waals surface area contributed by atoms with Crippen molar-refractivity contribution in [1.82, 2.24) is 5.32 Å². The fourth-order valence-corrected chi connectivity index (χ4v) is 2.33. The normalized spacial score (nSPS) is 23.5. The maximum Gasteiger partial charge on any atom is 0.182 e. The SMILES string of the molecule is COc1ccc2c(c1)[C@H](N=C(C)NC#N)[C@@H](O)C(C)(C)O2. The van der Waals surface area contributed by atoms with Crippen molar-refractivity contribution in [3.63, 3.8) is 0 Å². The lowest BCUT2D eigenvalue weighted by atomic mass is 9.87. The predicted octanol–water partition coefficient (Wildman–Crippen LogP) is 1.76. The van der Waals surface area contributed by atoms with Crippen LogP contribution in [0.1, 0.15) is 32.4 Å². The number of ether oxygens (including phenoxy) is 2. The smallest absolute Gasteiger partial charge is 0.182 e. The van der Waals surface area contributed by atoms with Crippen LogP contribution in [0.15, 0.2) is 23.2 Å². The third kappa shape index (κ3) is 2.93. The molecule has 6 heteroatoms. The summed E-state index contributed by atoms with van der Waals surface area (Å²) in [6.07, 6.45) is 0.981. The molecule has 0 amide bonds. The van der Waals surface area contributed by atoms with Crippen molar-refractivity contribution in [2.24, 2.45) is 4.99 Å². The number of fused-ring (bicyclic) bond motifs is 1. The van der Waals surface area contributed by atoms with E-state index >= 15 is 0 Å². The molecule has 2 atom stereocenters. The van der Waals surface area contributed by atoms with E-state index in [0.717, 1.165) is 5.56 Å². The van der Waals surface area contributed by atoms with Crippen LogP contribution in [0.2, 0.25) is 0 Å². The number of hydrogen-bond donors (Lipinski definition) is 2. The van der Waals surface area contributed by atoms with E-state index in [4.69, 9.17) is 14.7 Å². The molecule has 0 bridgehead atoms. The second-order valence-electron chi connectivity index (χ2n) is 5.45. The van der Waals surface area contributed by atoms with E-state index in [9.17, 15) is 5.11 Å². The largest absolute Gasteiger partial charge is 0.497 e. The molecule has 0 spiro atoms. The molecular weight excluding hydrogens is 270 g/mol. The summed E-state index contributed by atoms with van der Waals surface area (Å²) >= 11 is 0. The van der Waals surface area contributed by atoms with E-state index in [1.807, 2.05) is 6.19 Å². The highest BCUT2D eigenvalue weighted by molar-refractivity contribution is 5.81. The molecule has 0 fully saturated rings. The average molecular weight is 289 g/mol. The minimum absolute atomic E-state index is 0.438. The average Bonchev–Trinajstić information content (AvgIpc) is 2.43. The fraction of sp³-hybridized carbons (Fsp3) is 0.467. The highest BCUT2D eigenvalue weighted by Gasteiger charge is 2.43. The van der Waals surface area contributed by atoms with Gasteiger partial charge in [0.25, 0.3) is 0 Å². The second-order valence-corrected chi connectivity index (χ2v) is 5.45. The van der Waals surface area contributed by atoms with E-state index in [2.05, 4.69) is 10.3 Å². The van der Waals surface area contributed by atoms with Gasteiger partial charge in [-0.1, -0.05) is 0 Å². The van der Waals surface area contributed by atoms with E-state index in [-0.39, 0.29) is 0 Å². The van der Waals surface area contributed by atoms with Crippen LogP contribution in [0.3, 0.4) is 0 Å². The number of benzene rings is 1. The molecule has 0 radical (unpaired) electrons. The van der Waals surface area contributed by atoms with Crippen LogP contribution in [-0.2, 0) is 0 Å². The van der Waals surface area contributed by atoms with Crippen molar-refractivity contribution >= 4 is 5.84 Å². The van der Waals surface area contributed by atoms with Gasteiger partial charge < -0.3 is 14.6 Å². The quantitative estimate of drug-likeness (QED) is 0.375. The molecule has 1 heterocycles. The number of rotatable bonds is 2. The Hall–Kier alpha value is -2.26. The Bertz CT molecular complexity index is 605. The molecule has 0 unspecified atom stereocenters. The van der Waals surface area contributed by atoms with Crippen molar-refractivity contribution in [2.75, 3.05) is 7.11 Å². The van der Waals surface area contributed by atoms with Gasteiger partial charge in [-0.25, -0.2) is 0 Å². The number of nitrogens with one attached hydrogen (secondary N) is 1. The van der Waals surface area contributed by atoms with Crippen LogP contribution < -0.4 is 14.8 Å². The first-order valence-corrected chi connectivity index (χ1v) is 6.63. The number of aliphatic imine (C=N–C) groups is 1. The Morgan fingerprint density at radius 1 is 1.52 bits per heavy atom. The van der Waals surface area contributed by atoms with Crippen molar-refractivity contribution in [1.29, 1.82) is 5.26 Å². The standard InChI is InChI=1S/C15H19N3O3/c1-9(17-8-16)18-13-11-7-10(20-4)5-6-12(11)21-15(2,3)14(13)19/h5-7,13-14,19H,1-4H3,(H,17,18)/t13-,14+/m0/s1. The highest BCUT2D eigenvalue weighted by Crippen LogP contribution is 2.43. The van der Waals surface area contributed by atoms with Crippen LogP contribution in [-0.4, -0.2) is 29.8 Å². The maximum atomic E-state index is 10.5. The lowest BCUT2D eigenvalue weighted by Crippen LogP contribution is -2.48. The first kappa shape index (κ1) is 15.1. The topological polar surface area (TPSA) is 86.9 Å². The third-order valence-electron chi connectivity index (χ3n) is 3.49. The van der Waals surface area contributed by atoms with E-state index in [0.29, 0.717) is 17.3 Å². The van der Waals surface area contributed by atoms with Gasteiger partial charge in [-0.15, -0.1) is 0 Å². The number of hydrogen-bond acceptors (Lipinski definition) is 5. The summed E-state index contributed by atoms with van der Waals surface area (Å²) in [4.78, 5) is 4.42. The van der Waals surface area contributed by atoms with Gasteiger partial charge in [-0.05, 0) is 39.0 Å². The number of nitriles is 1. The minimum Gasteiger partial charge on any atom is -0.497 e. The molecule has 6 nitrogen and oxygen atoms in total. The summed E-state index contributed by atoms with van der Waals surface area (Å²) in [6, 6.07) is 4.87. The van der Waals surface area contributed by atoms with Crippen LogP contribution in [0.5, 0.6) is 11.5 Å². The van der Waals surface area contributed by atoms with Crippen LogP contribution in [0.4, 0.5) is 0 Å². The Balaban J connectivity index is 2.51. The van der Waals surface area contributed by atoms with Crippen molar-refractivity contribution in [3.8, 4) is 17.7 Å². The zero-order chi connectivity index (χ0) is 15.6. The Morgan fingerprint density at radius 3 is 2.86 bits per heavy atom. The van der Waals surface area contributed by atoms with Gasteiger partial charge >= 0.3 is 0 Å². The second kappa shape index (κ2) is 5.62. The molecule has 1 aromatic carbocycles. The van der Waals surface area contributed by atoms with Gasteiger partial charge in [0.05, 0.1) is 7.11 Å². The molecular formula is C15H19N3O3. The van der Waals surface area contributed by atoms with Gasteiger partial charge in [0.1, 0.15) is 35.1 Å². The highest BCUT2D eigenvalue weighted by atomic mass is 16.5. The first-order chi connectivity index (χ1) is 9.89. The fourth-order valence-electron chi connectivity index (χ4n) is 2.33. The van der Waals surface area contributed by atoms with Crippen molar-refractivity contribution in [2.45, 2.75) is 38.5 Å². The van der Waals surface area contributed by atoms with Gasteiger partial charge in [0.15, 0.2) is 6.19 Å². The Morgan fingerprint density at radius 2 is 2.24 bits per heavy atom. The van der Waals surface area contributed by atoms with E-state index in [1.165, 1.54) is 0 Å². The molecule has 21 heavy (non-hydrogen) atoms. The van der Waals surface area contributed by atoms with E-state index < -0.39 is 17.7 Å². The molecule has 0 aromatic heterocycles. The summed E-state index contributed by atoms with van der Waals surface area (Å²) in [6.45, 7) is 5.29. The molecule has 0 saturated heterocycles. The number of aliphatic hydroxyl groups is 1. The summed E-state index contributed by atoms with van der Waals surface area (Å²) in [5.41, 5.74) is -0.0388. The first-order valence-electron chi connectivity index (χ1n) is 6.63.